The summed E-state index contributed by atoms with van der Waals surface area (Å²) in [7, 11) is 0. The summed E-state index contributed by atoms with van der Waals surface area (Å²) in [4.78, 5) is 10.8. The van der Waals surface area contributed by atoms with Crippen LogP contribution in [0.25, 0.3) is 0 Å². The van der Waals surface area contributed by atoms with E-state index >= 15 is 0 Å². The Morgan fingerprint density at radius 1 is 1.46 bits per heavy atom. The zero-order valence-electron chi connectivity index (χ0n) is 7.32. The van der Waals surface area contributed by atoms with Gasteiger partial charge in [-0.05, 0) is 13.3 Å². The van der Waals surface area contributed by atoms with Gasteiger partial charge in [-0.1, -0.05) is 6.08 Å². The summed E-state index contributed by atoms with van der Waals surface area (Å²) in [5.41, 5.74) is 0. The van der Waals surface area contributed by atoms with Crippen LogP contribution in [0.3, 0.4) is 0 Å². The Morgan fingerprint density at radius 3 is 2.31 bits per heavy atom. The van der Waals surface area contributed by atoms with Crippen LogP contribution in [0.1, 0.15) is 19.8 Å². The van der Waals surface area contributed by atoms with Gasteiger partial charge in [0.25, 0.3) is 0 Å². The number of halogens is 3. The molecule has 0 fully saturated rings. The molecule has 0 heterocycles. The maximum absolute atomic E-state index is 12.4. The second-order valence-electron chi connectivity index (χ2n) is 2.70. The van der Waals surface area contributed by atoms with Crippen LogP contribution in [0.15, 0.2) is 24.6 Å². The molecule has 13 heavy (non-hydrogen) atoms. The molecule has 0 aliphatic rings. The monoisotopic (exact) mass is 192 g/mol. The van der Waals surface area contributed by atoms with Gasteiger partial charge in [-0.25, -0.2) is 4.39 Å². The van der Waals surface area contributed by atoms with Crippen molar-refractivity contribution < 1.29 is 18.0 Å². The Balaban J connectivity index is 4.35. The van der Waals surface area contributed by atoms with E-state index in [-0.39, 0.29) is 12.2 Å². The highest BCUT2D eigenvalue weighted by molar-refractivity contribution is 5.78. The number of Topliss-reactive ketones (excluding diaryl/α,β-unsaturated/α-hetero) is 1. The van der Waals surface area contributed by atoms with Gasteiger partial charge in [0.05, 0.1) is 0 Å². The first kappa shape index (κ1) is 11.9. The summed E-state index contributed by atoms with van der Waals surface area (Å²) in [5.74, 6) is -2.54. The van der Waals surface area contributed by atoms with Crippen molar-refractivity contribution >= 4 is 5.78 Å². The van der Waals surface area contributed by atoms with E-state index in [1.807, 2.05) is 0 Å². The normalized spacial score (nSPS) is 12.0. The third-order valence-electron chi connectivity index (χ3n) is 1.66. The topological polar surface area (TPSA) is 17.1 Å². The van der Waals surface area contributed by atoms with E-state index in [0.717, 1.165) is 0 Å². The van der Waals surface area contributed by atoms with Gasteiger partial charge in [-0.15, -0.1) is 6.58 Å². The Hall–Kier alpha value is -1.06. The zero-order valence-corrected chi connectivity index (χ0v) is 7.32. The molecule has 0 aliphatic carbocycles. The summed E-state index contributed by atoms with van der Waals surface area (Å²) in [6.45, 7) is 4.60. The van der Waals surface area contributed by atoms with Gasteiger partial charge in [0.15, 0.2) is 5.83 Å². The van der Waals surface area contributed by atoms with E-state index in [4.69, 9.17) is 0 Å². The van der Waals surface area contributed by atoms with Gasteiger partial charge in [0.1, 0.15) is 5.78 Å². The number of rotatable bonds is 5. The molecule has 1 atom stereocenters. The largest absolute Gasteiger partial charge is 0.301 e. The first-order valence-electron chi connectivity index (χ1n) is 3.80. The van der Waals surface area contributed by atoms with E-state index in [9.17, 15) is 18.0 Å². The van der Waals surface area contributed by atoms with Crippen molar-refractivity contribution in [3.8, 4) is 0 Å². The van der Waals surface area contributed by atoms with Crippen molar-refractivity contribution in [3.05, 3.63) is 24.6 Å². The Morgan fingerprint density at radius 2 is 2.00 bits per heavy atom. The van der Waals surface area contributed by atoms with Crippen LogP contribution in [0.2, 0.25) is 0 Å². The predicted molar refractivity (Wildman–Crippen MR) is 44.0 cm³/mol. The lowest BCUT2D eigenvalue weighted by atomic mass is 9.97. The minimum absolute atomic E-state index is 0.218. The number of hydrogen-bond donors (Lipinski definition) is 0. The molecule has 0 saturated heterocycles. The van der Waals surface area contributed by atoms with Crippen LogP contribution < -0.4 is 0 Å². The van der Waals surface area contributed by atoms with Gasteiger partial charge in [0.2, 0.25) is 0 Å². The third kappa shape index (κ3) is 4.50. The Labute approximate surface area is 74.9 Å². The predicted octanol–water partition coefficient (Wildman–Crippen LogP) is 3.24. The van der Waals surface area contributed by atoms with Crippen molar-refractivity contribution in [1.29, 1.82) is 0 Å². The molecule has 0 aromatic heterocycles. The molecular weight excluding hydrogens is 181 g/mol. The minimum Gasteiger partial charge on any atom is -0.300 e. The first-order chi connectivity index (χ1) is 5.99. The van der Waals surface area contributed by atoms with Crippen molar-refractivity contribution in [3.63, 3.8) is 0 Å². The number of hydrogen-bond acceptors (Lipinski definition) is 1. The standard InChI is InChI=1S/C9H11F3O/c1-3-4-7(6(2)13)5-8(10)9(11)12/h3,7H,1,4-5H2,2H3. The lowest BCUT2D eigenvalue weighted by molar-refractivity contribution is -0.120. The molecular formula is C9H11F3O. The molecule has 0 spiro atoms. The average Bonchev–Trinajstić information content (AvgIpc) is 2.03. The fourth-order valence-corrected chi connectivity index (χ4v) is 0.888. The smallest absolute Gasteiger partial charge is 0.300 e. The molecule has 1 nitrogen and oxygen atoms in total. The summed E-state index contributed by atoms with van der Waals surface area (Å²) < 4.78 is 35.7. The van der Waals surface area contributed by atoms with Crippen LogP contribution in [0, 0.1) is 5.92 Å². The second-order valence-corrected chi connectivity index (χ2v) is 2.70. The van der Waals surface area contributed by atoms with Crippen LogP contribution >= 0.6 is 0 Å². The molecule has 0 bridgehead atoms. The molecule has 0 rings (SSSR count). The highest BCUT2D eigenvalue weighted by Crippen LogP contribution is 2.21. The Bertz CT molecular complexity index is 229. The molecule has 0 radical (unpaired) electrons. The molecule has 0 aliphatic heterocycles. The van der Waals surface area contributed by atoms with Gasteiger partial charge in [-0.2, -0.15) is 8.78 Å². The lowest BCUT2D eigenvalue weighted by Gasteiger charge is -2.08. The summed E-state index contributed by atoms with van der Waals surface area (Å²) in [5, 5.41) is 0. The van der Waals surface area contributed by atoms with Crippen LogP contribution in [-0.4, -0.2) is 5.78 Å². The molecule has 4 heteroatoms. The third-order valence-corrected chi connectivity index (χ3v) is 1.66. The number of allylic oxidation sites excluding steroid dienone is 2. The van der Waals surface area contributed by atoms with E-state index in [1.165, 1.54) is 13.0 Å². The molecule has 0 aromatic carbocycles. The number of carbonyl (C=O) groups is 1. The van der Waals surface area contributed by atoms with E-state index in [1.54, 1.807) is 0 Å². The zero-order chi connectivity index (χ0) is 10.4. The minimum atomic E-state index is -2.35. The van der Waals surface area contributed by atoms with Crippen molar-refractivity contribution in [1.82, 2.24) is 0 Å². The molecule has 0 aromatic rings. The van der Waals surface area contributed by atoms with E-state index in [2.05, 4.69) is 6.58 Å². The van der Waals surface area contributed by atoms with Gasteiger partial charge in [-0.3, -0.25) is 4.79 Å². The summed E-state index contributed by atoms with van der Waals surface area (Å²) in [6.07, 6.45) is -1.26. The van der Waals surface area contributed by atoms with Crippen molar-refractivity contribution in [2.45, 2.75) is 19.8 Å². The van der Waals surface area contributed by atoms with Crippen LogP contribution in [0.4, 0.5) is 13.2 Å². The van der Waals surface area contributed by atoms with Crippen LogP contribution in [0.5, 0.6) is 0 Å². The highest BCUT2D eigenvalue weighted by Gasteiger charge is 2.17. The van der Waals surface area contributed by atoms with Crippen molar-refractivity contribution in [2.75, 3.05) is 0 Å². The molecule has 1 unspecified atom stereocenters. The summed E-state index contributed by atoms with van der Waals surface area (Å²) in [6, 6.07) is 0. The van der Waals surface area contributed by atoms with Gasteiger partial charge in [0, 0.05) is 12.3 Å². The van der Waals surface area contributed by atoms with Gasteiger partial charge >= 0.3 is 6.08 Å². The molecule has 0 N–H and O–H groups in total. The maximum Gasteiger partial charge on any atom is 0.301 e. The van der Waals surface area contributed by atoms with Crippen LogP contribution in [-0.2, 0) is 4.79 Å². The highest BCUT2D eigenvalue weighted by atomic mass is 19.3. The first-order valence-corrected chi connectivity index (χ1v) is 3.80. The molecule has 0 saturated carbocycles. The van der Waals surface area contributed by atoms with Crippen molar-refractivity contribution in [2.24, 2.45) is 5.92 Å². The second kappa shape index (κ2) is 5.56. The van der Waals surface area contributed by atoms with E-state index in [0.29, 0.717) is 0 Å². The SMILES string of the molecule is C=CCC(CC(F)=C(F)F)C(C)=O. The number of carbonyl (C=O) groups excluding carboxylic acids is 1. The van der Waals surface area contributed by atoms with Gasteiger partial charge < -0.3 is 0 Å². The molecule has 0 amide bonds. The Kier molecular flexibility index (Phi) is 5.11. The lowest BCUT2D eigenvalue weighted by Crippen LogP contribution is -2.10. The fourth-order valence-electron chi connectivity index (χ4n) is 0.888. The summed E-state index contributed by atoms with van der Waals surface area (Å²) >= 11 is 0. The van der Waals surface area contributed by atoms with E-state index < -0.39 is 24.2 Å². The molecule has 74 valence electrons. The average molecular weight is 192 g/mol. The number of ketones is 1. The quantitative estimate of drug-likeness (QED) is 0.611. The fraction of sp³-hybridized carbons (Fsp3) is 0.444. The maximum atomic E-state index is 12.4.